The van der Waals surface area contributed by atoms with Gasteiger partial charge in [0.2, 0.25) is 0 Å². The van der Waals surface area contributed by atoms with Crippen LogP contribution in [0.15, 0.2) is 73.1 Å². The van der Waals surface area contributed by atoms with E-state index in [0.29, 0.717) is 39.8 Å². The second-order valence-corrected chi connectivity index (χ2v) is 8.41. The van der Waals surface area contributed by atoms with Gasteiger partial charge in [0.25, 0.3) is 17.7 Å². The monoisotopic (exact) mass is 485 g/mol. The molecule has 3 N–H and O–H groups in total. The van der Waals surface area contributed by atoms with Crippen LogP contribution in [-0.2, 0) is 14.1 Å². The fourth-order valence-corrected chi connectivity index (χ4v) is 3.69. The first-order valence-corrected chi connectivity index (χ1v) is 11.2. The third-order valence-electron chi connectivity index (χ3n) is 5.65. The highest BCUT2D eigenvalue weighted by molar-refractivity contribution is 6.08. The summed E-state index contributed by atoms with van der Waals surface area (Å²) in [4.78, 5) is 38.2. The molecule has 0 atom stereocenters. The van der Waals surface area contributed by atoms with E-state index in [1.54, 1.807) is 79.1 Å². The quantitative estimate of drug-likeness (QED) is 0.360. The molecule has 0 aliphatic heterocycles. The van der Waals surface area contributed by atoms with Gasteiger partial charge in [0.15, 0.2) is 0 Å². The normalized spacial score (nSPS) is 10.6. The van der Waals surface area contributed by atoms with Gasteiger partial charge >= 0.3 is 0 Å². The van der Waals surface area contributed by atoms with Crippen molar-refractivity contribution in [2.75, 3.05) is 23.1 Å². The van der Waals surface area contributed by atoms with E-state index < -0.39 is 0 Å². The Balaban J connectivity index is 1.42. The Bertz CT molecular complexity index is 1420. The molecular weight excluding hydrogens is 458 g/mol. The molecule has 4 rings (SSSR count). The summed E-state index contributed by atoms with van der Waals surface area (Å²) >= 11 is 0. The predicted octanol–water partition coefficient (Wildman–Crippen LogP) is 4.44. The number of carbonyl (C=O) groups is 3. The Morgan fingerprint density at radius 3 is 1.64 bits per heavy atom. The van der Waals surface area contributed by atoms with Gasteiger partial charge in [-0.25, -0.2) is 0 Å². The summed E-state index contributed by atoms with van der Waals surface area (Å²) in [6, 6.07) is 17.4. The smallest absolute Gasteiger partial charge is 0.272 e. The summed E-state index contributed by atoms with van der Waals surface area (Å²) in [7, 11) is 5.00. The molecule has 0 aliphatic rings. The van der Waals surface area contributed by atoms with Gasteiger partial charge in [-0.05, 0) is 55.5 Å². The van der Waals surface area contributed by atoms with E-state index in [0.717, 1.165) is 5.56 Å². The molecule has 2 aromatic heterocycles. The first kappa shape index (κ1) is 24.3. The largest absolute Gasteiger partial charge is 0.497 e. The number of amides is 3. The van der Waals surface area contributed by atoms with Crippen molar-refractivity contribution >= 4 is 34.8 Å². The molecule has 0 radical (unpaired) electrons. The van der Waals surface area contributed by atoms with Crippen LogP contribution in [0.4, 0.5) is 17.1 Å². The number of rotatable bonds is 7. The fraction of sp³-hybridized carbons (Fsp3) is 0.148. The molecule has 0 fully saturated rings. The number of hydrogen-bond donors (Lipinski definition) is 3. The van der Waals surface area contributed by atoms with Crippen LogP contribution in [0.1, 0.15) is 36.9 Å². The van der Waals surface area contributed by atoms with Gasteiger partial charge in [0.1, 0.15) is 17.1 Å². The second kappa shape index (κ2) is 10.2. The fourth-order valence-electron chi connectivity index (χ4n) is 3.69. The lowest BCUT2D eigenvalue weighted by Crippen LogP contribution is -2.15. The first-order chi connectivity index (χ1) is 17.2. The second-order valence-electron chi connectivity index (χ2n) is 8.41. The number of benzene rings is 2. The zero-order valence-electron chi connectivity index (χ0n) is 20.5. The van der Waals surface area contributed by atoms with Crippen LogP contribution in [-0.4, -0.2) is 34.0 Å². The molecule has 9 heteroatoms. The zero-order chi connectivity index (χ0) is 25.8. The summed E-state index contributed by atoms with van der Waals surface area (Å²) < 4.78 is 8.37. The standard InChI is InChI=1S/C27H27N5O4/c1-17-5-9-19(10-6-17)28-26(34)23-14-21(16-32(23)3)30-27(35)24-13-20(15-31(24)2)29-25(33)18-7-11-22(36-4)12-8-18/h5-16H,1-4H3,(H,28,34)(H,29,33)(H,30,35). The van der Waals surface area contributed by atoms with E-state index in [-0.39, 0.29) is 17.7 Å². The van der Waals surface area contributed by atoms with Gasteiger partial charge in [0.05, 0.1) is 18.5 Å². The first-order valence-electron chi connectivity index (χ1n) is 11.2. The van der Waals surface area contributed by atoms with Crippen LogP contribution in [0.2, 0.25) is 0 Å². The zero-order valence-corrected chi connectivity index (χ0v) is 20.5. The highest BCUT2D eigenvalue weighted by Crippen LogP contribution is 2.20. The van der Waals surface area contributed by atoms with E-state index in [1.165, 1.54) is 0 Å². The van der Waals surface area contributed by atoms with Crippen molar-refractivity contribution in [3.63, 3.8) is 0 Å². The van der Waals surface area contributed by atoms with Crippen molar-refractivity contribution in [1.82, 2.24) is 9.13 Å². The third-order valence-corrected chi connectivity index (χ3v) is 5.65. The van der Waals surface area contributed by atoms with Crippen LogP contribution in [0.5, 0.6) is 5.75 Å². The number of aryl methyl sites for hydroxylation is 3. The summed E-state index contributed by atoms with van der Waals surface area (Å²) in [5, 5.41) is 8.45. The Morgan fingerprint density at radius 2 is 1.14 bits per heavy atom. The Morgan fingerprint density at radius 1 is 0.667 bits per heavy atom. The molecule has 184 valence electrons. The van der Waals surface area contributed by atoms with Crippen LogP contribution in [0, 0.1) is 6.92 Å². The maximum atomic E-state index is 12.9. The van der Waals surface area contributed by atoms with Gasteiger partial charge < -0.3 is 29.8 Å². The van der Waals surface area contributed by atoms with Gasteiger partial charge in [-0.15, -0.1) is 0 Å². The lowest BCUT2D eigenvalue weighted by Gasteiger charge is -2.06. The number of aromatic nitrogens is 2. The molecule has 0 saturated carbocycles. The summed E-state index contributed by atoms with van der Waals surface area (Å²) in [6.07, 6.45) is 3.32. The molecule has 9 nitrogen and oxygen atoms in total. The Labute approximate surface area is 208 Å². The molecule has 2 aromatic carbocycles. The van der Waals surface area contributed by atoms with Crippen LogP contribution < -0.4 is 20.7 Å². The number of nitrogens with one attached hydrogen (secondary N) is 3. The molecule has 36 heavy (non-hydrogen) atoms. The van der Waals surface area contributed by atoms with Crippen molar-refractivity contribution in [3.05, 3.63) is 95.6 Å². The van der Waals surface area contributed by atoms with Gasteiger partial charge in [0, 0.05) is 37.7 Å². The minimum absolute atomic E-state index is 0.288. The lowest BCUT2D eigenvalue weighted by molar-refractivity contribution is 0.101. The van der Waals surface area contributed by atoms with Crippen molar-refractivity contribution in [1.29, 1.82) is 0 Å². The minimum Gasteiger partial charge on any atom is -0.497 e. The van der Waals surface area contributed by atoms with E-state index in [9.17, 15) is 14.4 Å². The third kappa shape index (κ3) is 5.47. The van der Waals surface area contributed by atoms with Gasteiger partial charge in [-0.2, -0.15) is 0 Å². The molecule has 0 bridgehead atoms. The van der Waals surface area contributed by atoms with E-state index in [4.69, 9.17) is 4.74 Å². The number of ether oxygens (including phenoxy) is 1. The average Bonchev–Trinajstić information content (AvgIpc) is 3.41. The average molecular weight is 486 g/mol. The highest BCUT2D eigenvalue weighted by Gasteiger charge is 2.17. The molecule has 4 aromatic rings. The molecule has 0 saturated heterocycles. The van der Waals surface area contributed by atoms with Crippen LogP contribution in [0.3, 0.4) is 0 Å². The van der Waals surface area contributed by atoms with Crippen LogP contribution >= 0.6 is 0 Å². The van der Waals surface area contributed by atoms with E-state index >= 15 is 0 Å². The number of carbonyl (C=O) groups excluding carboxylic acids is 3. The highest BCUT2D eigenvalue weighted by atomic mass is 16.5. The van der Waals surface area contributed by atoms with Crippen LogP contribution in [0.25, 0.3) is 0 Å². The minimum atomic E-state index is -0.376. The van der Waals surface area contributed by atoms with E-state index in [2.05, 4.69) is 16.0 Å². The lowest BCUT2D eigenvalue weighted by atomic mass is 10.2. The Kier molecular flexibility index (Phi) is 6.91. The topological polar surface area (TPSA) is 106 Å². The van der Waals surface area contributed by atoms with Crippen molar-refractivity contribution in [2.45, 2.75) is 6.92 Å². The van der Waals surface area contributed by atoms with Gasteiger partial charge in [-0.3, -0.25) is 14.4 Å². The summed E-state index contributed by atoms with van der Waals surface area (Å²) in [5.41, 5.74) is 3.94. The SMILES string of the molecule is COc1ccc(C(=O)Nc2cc(C(=O)Nc3cc(C(=O)Nc4ccc(C)cc4)n(C)c3)n(C)c2)cc1. The molecule has 2 heterocycles. The van der Waals surface area contributed by atoms with Gasteiger partial charge in [-0.1, -0.05) is 17.7 Å². The molecule has 0 aliphatic carbocycles. The summed E-state index contributed by atoms with van der Waals surface area (Å²) in [5.74, 6) is -0.313. The predicted molar refractivity (Wildman–Crippen MR) is 139 cm³/mol. The number of hydrogen-bond acceptors (Lipinski definition) is 4. The number of nitrogens with zero attached hydrogens (tertiary/aromatic N) is 2. The Hall–Kier alpha value is -4.79. The van der Waals surface area contributed by atoms with Crippen molar-refractivity contribution in [3.8, 4) is 5.75 Å². The number of methoxy groups -OCH3 is 1. The molecular formula is C27H27N5O4. The molecule has 0 spiro atoms. The molecule has 3 amide bonds. The van der Waals surface area contributed by atoms with E-state index in [1.807, 2.05) is 31.2 Å². The maximum Gasteiger partial charge on any atom is 0.272 e. The number of anilines is 3. The summed E-state index contributed by atoms with van der Waals surface area (Å²) in [6.45, 7) is 1.97. The molecule has 0 unspecified atom stereocenters. The van der Waals surface area contributed by atoms with Crippen molar-refractivity contribution < 1.29 is 19.1 Å². The maximum absolute atomic E-state index is 12.9. The van der Waals surface area contributed by atoms with Crippen molar-refractivity contribution in [2.24, 2.45) is 14.1 Å².